The first-order chi connectivity index (χ1) is 11.1. The number of hydrogen-bond acceptors (Lipinski definition) is 4. The molecule has 2 fully saturated rings. The minimum Gasteiger partial charge on any atom is -0.340 e. The van der Waals surface area contributed by atoms with Crippen molar-refractivity contribution in [3.63, 3.8) is 0 Å². The van der Waals surface area contributed by atoms with Crippen LogP contribution in [-0.4, -0.2) is 62.7 Å². The molecular formula is C17H28N4OS. The van der Waals surface area contributed by atoms with Gasteiger partial charge in [-0.3, -0.25) is 14.4 Å². The summed E-state index contributed by atoms with van der Waals surface area (Å²) < 4.78 is 2.07. The highest BCUT2D eigenvalue weighted by atomic mass is 32.2. The fraction of sp³-hybridized carbons (Fsp3) is 0.765. The van der Waals surface area contributed by atoms with Gasteiger partial charge in [-0.15, -0.1) is 0 Å². The molecule has 1 amide bonds. The van der Waals surface area contributed by atoms with E-state index in [2.05, 4.69) is 40.4 Å². The summed E-state index contributed by atoms with van der Waals surface area (Å²) in [5.41, 5.74) is 3.66. The van der Waals surface area contributed by atoms with Crippen molar-refractivity contribution in [2.75, 3.05) is 31.1 Å². The van der Waals surface area contributed by atoms with Gasteiger partial charge in [0.1, 0.15) is 0 Å². The van der Waals surface area contributed by atoms with Crippen molar-refractivity contribution in [2.24, 2.45) is 0 Å². The number of aromatic nitrogens is 2. The molecule has 1 atom stereocenters. The van der Waals surface area contributed by atoms with Gasteiger partial charge >= 0.3 is 0 Å². The van der Waals surface area contributed by atoms with E-state index >= 15 is 0 Å². The Labute approximate surface area is 143 Å². The van der Waals surface area contributed by atoms with E-state index in [1.165, 1.54) is 11.3 Å². The van der Waals surface area contributed by atoms with Crippen LogP contribution in [0.25, 0.3) is 0 Å². The van der Waals surface area contributed by atoms with Crippen molar-refractivity contribution in [1.29, 1.82) is 0 Å². The third kappa shape index (κ3) is 3.43. The van der Waals surface area contributed by atoms with Crippen molar-refractivity contribution < 1.29 is 4.79 Å². The van der Waals surface area contributed by atoms with E-state index in [1.54, 1.807) is 0 Å². The molecule has 1 aromatic heterocycles. The monoisotopic (exact) mass is 336 g/mol. The molecule has 0 aliphatic carbocycles. The summed E-state index contributed by atoms with van der Waals surface area (Å²) in [6.07, 6.45) is 2.13. The zero-order valence-electron chi connectivity index (χ0n) is 14.5. The maximum atomic E-state index is 12.9. The van der Waals surface area contributed by atoms with E-state index in [0.717, 1.165) is 62.8 Å². The zero-order valence-corrected chi connectivity index (χ0v) is 15.4. The van der Waals surface area contributed by atoms with Gasteiger partial charge in [0.2, 0.25) is 5.91 Å². The molecule has 3 heterocycles. The third-order valence-corrected chi connectivity index (χ3v) is 6.11. The van der Waals surface area contributed by atoms with Crippen molar-refractivity contribution in [1.82, 2.24) is 19.6 Å². The number of aryl methyl sites for hydroxylation is 2. The predicted molar refractivity (Wildman–Crippen MR) is 94.7 cm³/mol. The fourth-order valence-corrected chi connectivity index (χ4v) is 4.67. The first-order valence-corrected chi connectivity index (χ1v) is 9.90. The van der Waals surface area contributed by atoms with Gasteiger partial charge in [0.15, 0.2) is 0 Å². The van der Waals surface area contributed by atoms with E-state index in [0.29, 0.717) is 5.91 Å². The minimum absolute atomic E-state index is 0.0712. The maximum Gasteiger partial charge on any atom is 0.239 e. The lowest BCUT2D eigenvalue weighted by molar-refractivity contribution is -0.135. The molecule has 5 nitrogen and oxygen atoms in total. The molecule has 23 heavy (non-hydrogen) atoms. The highest BCUT2D eigenvalue weighted by Gasteiger charge is 2.34. The van der Waals surface area contributed by atoms with Gasteiger partial charge in [0.25, 0.3) is 0 Å². The number of thioether (sulfide) groups is 1. The largest absolute Gasteiger partial charge is 0.340 e. The second-order valence-electron chi connectivity index (χ2n) is 6.53. The lowest BCUT2D eigenvalue weighted by atomic mass is 10.1. The van der Waals surface area contributed by atoms with Crippen LogP contribution in [0.3, 0.4) is 0 Å². The molecule has 2 aliphatic heterocycles. The minimum atomic E-state index is 0.0712. The van der Waals surface area contributed by atoms with Crippen LogP contribution < -0.4 is 0 Å². The van der Waals surface area contributed by atoms with Crippen molar-refractivity contribution in [3.8, 4) is 0 Å². The van der Waals surface area contributed by atoms with E-state index in [-0.39, 0.29) is 6.04 Å². The molecule has 0 saturated carbocycles. The predicted octanol–water partition coefficient (Wildman–Crippen LogP) is 2.06. The summed E-state index contributed by atoms with van der Waals surface area (Å²) in [6, 6.07) is 0.0712. The van der Waals surface area contributed by atoms with Gasteiger partial charge in [-0.25, -0.2) is 0 Å². The maximum absolute atomic E-state index is 12.9. The quantitative estimate of drug-likeness (QED) is 0.844. The van der Waals surface area contributed by atoms with Gasteiger partial charge in [-0.2, -0.15) is 16.9 Å². The number of hydrogen-bond donors (Lipinski definition) is 0. The summed E-state index contributed by atoms with van der Waals surface area (Å²) >= 11 is 1.95. The van der Waals surface area contributed by atoms with Crippen LogP contribution in [0.4, 0.5) is 0 Å². The first kappa shape index (κ1) is 16.8. The van der Waals surface area contributed by atoms with E-state index in [1.807, 2.05) is 11.8 Å². The third-order valence-electron chi connectivity index (χ3n) is 5.16. The van der Waals surface area contributed by atoms with Gasteiger partial charge in [-0.05, 0) is 40.2 Å². The average Bonchev–Trinajstić information content (AvgIpc) is 3.14. The molecule has 128 valence electrons. The normalized spacial score (nSPS) is 22.7. The number of nitrogens with zero attached hydrogens (tertiary/aromatic N) is 4. The Morgan fingerprint density at radius 2 is 2.00 bits per heavy atom. The molecule has 0 spiro atoms. The van der Waals surface area contributed by atoms with E-state index in [4.69, 9.17) is 0 Å². The van der Waals surface area contributed by atoms with Crippen LogP contribution in [0.2, 0.25) is 0 Å². The summed E-state index contributed by atoms with van der Waals surface area (Å²) in [7, 11) is 0. The number of likely N-dealkylation sites (tertiary alicyclic amines) is 1. The van der Waals surface area contributed by atoms with Crippen LogP contribution in [0.5, 0.6) is 0 Å². The van der Waals surface area contributed by atoms with Crippen LogP contribution >= 0.6 is 11.8 Å². The Kier molecular flexibility index (Phi) is 5.31. The van der Waals surface area contributed by atoms with Crippen LogP contribution in [-0.2, 0) is 17.9 Å². The molecule has 0 radical (unpaired) electrons. The Bertz CT molecular complexity index is 565. The van der Waals surface area contributed by atoms with Crippen molar-refractivity contribution in [2.45, 2.75) is 52.7 Å². The standard InChI is InChI=1S/C17H28N4OS/c1-4-21-14(3)15(13(2)18-21)12-20-7-5-6-16(20)17(22)19-8-10-23-11-9-19/h16H,4-12H2,1-3H3/t16-/m0/s1. The Hall–Kier alpha value is -1.01. The van der Waals surface area contributed by atoms with Gasteiger partial charge in [0.05, 0.1) is 11.7 Å². The lowest BCUT2D eigenvalue weighted by Crippen LogP contribution is -2.48. The summed E-state index contributed by atoms with van der Waals surface area (Å²) in [6.45, 7) is 11.0. The van der Waals surface area contributed by atoms with Crippen LogP contribution in [0.15, 0.2) is 0 Å². The van der Waals surface area contributed by atoms with E-state index in [9.17, 15) is 4.79 Å². The van der Waals surface area contributed by atoms with Crippen LogP contribution in [0, 0.1) is 13.8 Å². The topological polar surface area (TPSA) is 41.4 Å². The smallest absolute Gasteiger partial charge is 0.239 e. The number of rotatable bonds is 4. The van der Waals surface area contributed by atoms with Gasteiger partial charge in [-0.1, -0.05) is 0 Å². The zero-order chi connectivity index (χ0) is 16.4. The number of carbonyl (C=O) groups excluding carboxylic acids is 1. The van der Waals surface area contributed by atoms with Gasteiger partial charge in [0, 0.05) is 48.9 Å². The SMILES string of the molecule is CCn1nc(C)c(CN2CCC[C@H]2C(=O)N2CCSCC2)c1C. The summed E-state index contributed by atoms with van der Waals surface area (Å²) in [5.74, 6) is 2.51. The molecule has 6 heteroatoms. The molecule has 2 aliphatic rings. The summed E-state index contributed by atoms with van der Waals surface area (Å²) in [5, 5.41) is 4.62. The molecule has 0 aromatic carbocycles. The highest BCUT2D eigenvalue weighted by Crippen LogP contribution is 2.25. The second-order valence-corrected chi connectivity index (χ2v) is 7.76. The van der Waals surface area contributed by atoms with Crippen molar-refractivity contribution in [3.05, 3.63) is 17.0 Å². The highest BCUT2D eigenvalue weighted by molar-refractivity contribution is 7.99. The van der Waals surface area contributed by atoms with Crippen LogP contribution in [0.1, 0.15) is 36.7 Å². The molecule has 0 unspecified atom stereocenters. The van der Waals surface area contributed by atoms with Gasteiger partial charge < -0.3 is 4.90 Å². The Morgan fingerprint density at radius 3 is 2.65 bits per heavy atom. The van der Waals surface area contributed by atoms with E-state index < -0.39 is 0 Å². The Morgan fingerprint density at radius 1 is 1.26 bits per heavy atom. The molecule has 0 N–H and O–H groups in total. The second kappa shape index (κ2) is 7.26. The summed E-state index contributed by atoms with van der Waals surface area (Å²) in [4.78, 5) is 17.3. The van der Waals surface area contributed by atoms with Crippen molar-refractivity contribution >= 4 is 17.7 Å². The molecule has 1 aromatic rings. The number of amides is 1. The molecule has 0 bridgehead atoms. The molecule has 2 saturated heterocycles. The molecule has 3 rings (SSSR count). The lowest BCUT2D eigenvalue weighted by Gasteiger charge is -2.32. The molecular weight excluding hydrogens is 308 g/mol. The fourth-order valence-electron chi connectivity index (χ4n) is 3.76. The Balaban J connectivity index is 1.72. The average molecular weight is 337 g/mol. The first-order valence-electron chi connectivity index (χ1n) is 8.75. The number of carbonyl (C=O) groups is 1.